The number of halogens is 1. The fourth-order valence-corrected chi connectivity index (χ4v) is 5.40. The summed E-state index contributed by atoms with van der Waals surface area (Å²) in [6.07, 6.45) is 1.57. The minimum Gasteiger partial charge on any atom is -0.497 e. The SMILES string of the molecule is COc1ccc(CN(Cc2ccc(OC)cc2)c2cc(C(C)(C3CC3)C(C(=O)O)C(=O)O)ccc2Cl)cc1. The first-order valence-corrected chi connectivity index (χ1v) is 12.8. The highest BCUT2D eigenvalue weighted by atomic mass is 35.5. The van der Waals surface area contributed by atoms with E-state index in [1.807, 2.05) is 54.6 Å². The van der Waals surface area contributed by atoms with Crippen molar-refractivity contribution in [1.29, 1.82) is 0 Å². The molecule has 1 fully saturated rings. The van der Waals surface area contributed by atoms with Crippen LogP contribution in [0.3, 0.4) is 0 Å². The van der Waals surface area contributed by atoms with Crippen LogP contribution in [0.15, 0.2) is 66.7 Å². The molecule has 0 radical (unpaired) electrons. The van der Waals surface area contributed by atoms with Crippen molar-refractivity contribution < 1.29 is 29.3 Å². The number of hydrogen-bond donors (Lipinski definition) is 2. The van der Waals surface area contributed by atoms with E-state index in [1.165, 1.54) is 0 Å². The van der Waals surface area contributed by atoms with Gasteiger partial charge in [0.1, 0.15) is 11.5 Å². The van der Waals surface area contributed by atoms with Crippen LogP contribution < -0.4 is 14.4 Å². The Labute approximate surface area is 227 Å². The molecule has 3 aromatic rings. The largest absolute Gasteiger partial charge is 0.497 e. The van der Waals surface area contributed by atoms with Crippen molar-refractivity contribution in [3.8, 4) is 11.5 Å². The molecule has 8 heteroatoms. The average molecular weight is 538 g/mol. The number of nitrogens with zero attached hydrogens (tertiary/aromatic N) is 1. The van der Waals surface area contributed by atoms with Gasteiger partial charge in [-0.05, 0) is 71.8 Å². The molecule has 0 heterocycles. The van der Waals surface area contributed by atoms with E-state index in [0.717, 1.165) is 35.5 Å². The zero-order valence-electron chi connectivity index (χ0n) is 21.7. The summed E-state index contributed by atoms with van der Waals surface area (Å²) in [6, 6.07) is 20.9. The molecule has 7 nitrogen and oxygen atoms in total. The van der Waals surface area contributed by atoms with Crippen LogP contribution in [0, 0.1) is 11.8 Å². The van der Waals surface area contributed by atoms with Gasteiger partial charge in [0.2, 0.25) is 0 Å². The fourth-order valence-electron chi connectivity index (χ4n) is 5.16. The van der Waals surface area contributed by atoms with Crippen LogP contribution in [0.25, 0.3) is 0 Å². The van der Waals surface area contributed by atoms with Crippen LogP contribution >= 0.6 is 11.6 Å². The van der Waals surface area contributed by atoms with Crippen LogP contribution in [0.1, 0.15) is 36.5 Å². The predicted molar refractivity (Wildman–Crippen MR) is 146 cm³/mol. The molecule has 4 rings (SSSR count). The monoisotopic (exact) mass is 537 g/mol. The second-order valence-electron chi connectivity index (χ2n) is 9.88. The topological polar surface area (TPSA) is 96.3 Å². The molecule has 3 aromatic carbocycles. The number of anilines is 1. The van der Waals surface area contributed by atoms with Crippen LogP contribution in [-0.4, -0.2) is 36.4 Å². The summed E-state index contributed by atoms with van der Waals surface area (Å²) in [5.41, 5.74) is 2.34. The fraction of sp³-hybridized carbons (Fsp3) is 0.333. The number of carboxylic acid groups (broad SMARTS) is 2. The van der Waals surface area contributed by atoms with Gasteiger partial charge in [0.25, 0.3) is 0 Å². The van der Waals surface area contributed by atoms with Crippen molar-refractivity contribution in [2.24, 2.45) is 11.8 Å². The minimum atomic E-state index is -1.57. The van der Waals surface area contributed by atoms with Gasteiger partial charge < -0.3 is 24.6 Å². The number of rotatable bonds is 12. The third-order valence-corrected chi connectivity index (χ3v) is 7.81. The first kappa shape index (κ1) is 27.3. The van der Waals surface area contributed by atoms with Gasteiger partial charge in [-0.15, -0.1) is 0 Å². The maximum atomic E-state index is 12.1. The molecule has 0 saturated heterocycles. The van der Waals surface area contributed by atoms with E-state index >= 15 is 0 Å². The molecule has 200 valence electrons. The Morgan fingerprint density at radius 1 is 0.895 bits per heavy atom. The van der Waals surface area contributed by atoms with Crippen LogP contribution in [-0.2, 0) is 28.1 Å². The van der Waals surface area contributed by atoms with Crippen molar-refractivity contribution in [2.75, 3.05) is 19.1 Å². The lowest BCUT2D eigenvalue weighted by Crippen LogP contribution is -2.44. The van der Waals surface area contributed by atoms with Gasteiger partial charge in [-0.2, -0.15) is 0 Å². The van der Waals surface area contributed by atoms with Gasteiger partial charge in [-0.1, -0.05) is 48.9 Å². The van der Waals surface area contributed by atoms with E-state index in [0.29, 0.717) is 29.4 Å². The van der Waals surface area contributed by atoms with Crippen molar-refractivity contribution in [1.82, 2.24) is 0 Å². The highest BCUT2D eigenvalue weighted by Gasteiger charge is 2.54. The lowest BCUT2D eigenvalue weighted by Gasteiger charge is -2.35. The standard InChI is InChI=1S/C30H32ClNO6/c1-30(21-8-9-21,27(28(33)34)29(35)36)22-10-15-25(31)26(16-22)32(17-19-4-11-23(37-2)12-5-19)18-20-6-13-24(38-3)14-7-20/h4-7,10-16,21,27H,8-9,17-18H2,1-3H3,(H,33,34)(H,35,36). The van der Waals surface area contributed by atoms with Gasteiger partial charge in [0.05, 0.1) is 24.9 Å². The summed E-state index contributed by atoms with van der Waals surface area (Å²) in [4.78, 5) is 26.4. The smallest absolute Gasteiger partial charge is 0.318 e. The van der Waals surface area contributed by atoms with E-state index in [-0.39, 0.29) is 5.92 Å². The van der Waals surface area contributed by atoms with Gasteiger partial charge in [-0.3, -0.25) is 9.59 Å². The first-order valence-electron chi connectivity index (χ1n) is 12.4. The quantitative estimate of drug-likeness (QED) is 0.273. The molecule has 0 bridgehead atoms. The van der Waals surface area contributed by atoms with Crippen molar-refractivity contribution >= 4 is 29.2 Å². The highest BCUT2D eigenvalue weighted by Crippen LogP contribution is 2.52. The number of ether oxygens (including phenoxy) is 2. The van der Waals surface area contributed by atoms with E-state index < -0.39 is 23.3 Å². The molecular formula is C30H32ClNO6. The lowest BCUT2D eigenvalue weighted by molar-refractivity contribution is -0.158. The third-order valence-electron chi connectivity index (χ3n) is 7.49. The van der Waals surface area contributed by atoms with Crippen LogP contribution in [0.4, 0.5) is 5.69 Å². The normalized spacial score (nSPS) is 14.6. The predicted octanol–water partition coefficient (Wildman–Crippen LogP) is 6.02. The molecule has 1 atom stereocenters. The molecule has 2 N–H and O–H groups in total. The molecule has 1 aliphatic rings. The Kier molecular flexibility index (Phi) is 8.17. The molecule has 0 amide bonds. The number of methoxy groups -OCH3 is 2. The number of carbonyl (C=O) groups is 2. The number of aliphatic carboxylic acids is 2. The van der Waals surface area contributed by atoms with E-state index in [4.69, 9.17) is 21.1 Å². The average Bonchev–Trinajstić information content (AvgIpc) is 3.75. The van der Waals surface area contributed by atoms with Crippen molar-refractivity contribution in [3.05, 3.63) is 88.4 Å². The molecule has 1 aliphatic carbocycles. The number of benzene rings is 3. The van der Waals surface area contributed by atoms with Gasteiger partial charge in [-0.25, -0.2) is 0 Å². The summed E-state index contributed by atoms with van der Waals surface area (Å²) < 4.78 is 10.6. The Bertz CT molecular complexity index is 1230. The van der Waals surface area contributed by atoms with Crippen LogP contribution in [0.2, 0.25) is 5.02 Å². The van der Waals surface area contributed by atoms with E-state index in [2.05, 4.69) is 4.90 Å². The number of hydrogen-bond acceptors (Lipinski definition) is 5. The molecule has 0 spiro atoms. The van der Waals surface area contributed by atoms with Crippen LogP contribution in [0.5, 0.6) is 11.5 Å². The zero-order chi connectivity index (χ0) is 27.4. The minimum absolute atomic E-state index is 0.0367. The summed E-state index contributed by atoms with van der Waals surface area (Å²) in [7, 11) is 3.24. The summed E-state index contributed by atoms with van der Waals surface area (Å²) in [6.45, 7) is 2.78. The van der Waals surface area contributed by atoms with Gasteiger partial charge in [0, 0.05) is 18.5 Å². The molecule has 1 saturated carbocycles. The second-order valence-corrected chi connectivity index (χ2v) is 10.3. The van der Waals surface area contributed by atoms with Gasteiger partial charge in [0.15, 0.2) is 5.92 Å². The van der Waals surface area contributed by atoms with Crippen molar-refractivity contribution in [3.63, 3.8) is 0 Å². The van der Waals surface area contributed by atoms with Crippen molar-refractivity contribution in [2.45, 2.75) is 38.3 Å². The Morgan fingerprint density at radius 3 is 1.76 bits per heavy atom. The molecule has 1 unspecified atom stereocenters. The third kappa shape index (κ3) is 5.73. The first-order chi connectivity index (χ1) is 18.2. The maximum absolute atomic E-state index is 12.1. The Hall–Kier alpha value is -3.71. The Balaban J connectivity index is 1.78. The number of carboxylic acids is 2. The maximum Gasteiger partial charge on any atom is 0.318 e. The zero-order valence-corrected chi connectivity index (χ0v) is 22.4. The molecule has 0 aromatic heterocycles. The van der Waals surface area contributed by atoms with Gasteiger partial charge >= 0.3 is 11.9 Å². The van der Waals surface area contributed by atoms with E-state index in [1.54, 1.807) is 33.3 Å². The Morgan fingerprint density at radius 2 is 1.37 bits per heavy atom. The molecule has 38 heavy (non-hydrogen) atoms. The molecule has 0 aliphatic heterocycles. The molecular weight excluding hydrogens is 506 g/mol. The highest BCUT2D eigenvalue weighted by molar-refractivity contribution is 6.33. The lowest BCUT2D eigenvalue weighted by atomic mass is 9.68. The summed E-state index contributed by atoms with van der Waals surface area (Å²) >= 11 is 6.75. The summed E-state index contributed by atoms with van der Waals surface area (Å²) in [5, 5.41) is 20.3. The summed E-state index contributed by atoms with van der Waals surface area (Å²) in [5.74, 6) is -2.77. The van der Waals surface area contributed by atoms with E-state index in [9.17, 15) is 19.8 Å². The second kappa shape index (κ2) is 11.4.